The van der Waals surface area contributed by atoms with Crippen LogP contribution in [0, 0.1) is 0 Å². The minimum absolute atomic E-state index is 0.0804. The highest BCUT2D eigenvalue weighted by Crippen LogP contribution is 2.36. The maximum absolute atomic E-state index is 12.1. The van der Waals surface area contributed by atoms with E-state index in [9.17, 15) is 4.79 Å². The number of nitrogen functional groups attached to an aromatic ring is 1. The van der Waals surface area contributed by atoms with E-state index >= 15 is 0 Å². The third-order valence-electron chi connectivity index (χ3n) is 5.93. The van der Waals surface area contributed by atoms with Crippen LogP contribution in [-0.2, 0) is 4.74 Å². The summed E-state index contributed by atoms with van der Waals surface area (Å²) >= 11 is 0. The lowest BCUT2D eigenvalue weighted by Crippen LogP contribution is -2.41. The molecule has 0 unspecified atom stereocenters. The predicted octanol–water partition coefficient (Wildman–Crippen LogP) is 3.96. The van der Waals surface area contributed by atoms with Crippen LogP contribution in [0.15, 0.2) is 30.7 Å². The molecule has 1 amide bonds. The number of nitrogens with zero attached hydrogens (tertiary/aromatic N) is 5. The predicted molar refractivity (Wildman–Crippen MR) is 125 cm³/mol. The van der Waals surface area contributed by atoms with E-state index in [2.05, 4.69) is 25.3 Å². The Bertz CT molecular complexity index is 1280. The van der Waals surface area contributed by atoms with Gasteiger partial charge >= 0.3 is 6.09 Å². The first-order valence-electron chi connectivity index (χ1n) is 11.2. The normalized spacial score (nSPS) is 19.1. The summed E-state index contributed by atoms with van der Waals surface area (Å²) in [6.07, 6.45) is 6.23. The van der Waals surface area contributed by atoms with Crippen molar-refractivity contribution < 1.29 is 9.53 Å². The lowest BCUT2D eigenvalue weighted by atomic mass is 9.91. The number of amides is 1. The number of fused-ring (bicyclic) bond motifs is 2. The Balaban J connectivity index is 1.41. The molecule has 1 fully saturated rings. The molecule has 10 heteroatoms. The molecule has 1 aliphatic rings. The topological polar surface area (TPSA) is 137 Å². The van der Waals surface area contributed by atoms with Crippen molar-refractivity contribution >= 4 is 34.0 Å². The van der Waals surface area contributed by atoms with Gasteiger partial charge < -0.3 is 20.8 Å². The van der Waals surface area contributed by atoms with E-state index in [-0.39, 0.29) is 18.2 Å². The Morgan fingerprint density at radius 2 is 2.00 bits per heavy atom. The average Bonchev–Trinajstić information content (AvgIpc) is 3.35. The number of rotatable bonds is 3. The van der Waals surface area contributed by atoms with Crippen molar-refractivity contribution in [2.75, 3.05) is 5.73 Å². The van der Waals surface area contributed by atoms with Crippen LogP contribution in [0.5, 0.6) is 0 Å². The molecule has 0 aromatic carbocycles. The molecule has 5 rings (SSSR count). The van der Waals surface area contributed by atoms with Gasteiger partial charge in [-0.3, -0.25) is 0 Å². The lowest BCUT2D eigenvalue weighted by molar-refractivity contribution is 0.0487. The SMILES string of the molecule is CC(C)(C)OC(=O)NC1CCC(n2nc(-c3cc4cccnc4[nH]3)c3c(N)ncnc32)CC1. The summed E-state index contributed by atoms with van der Waals surface area (Å²) in [4.78, 5) is 28.6. The van der Waals surface area contributed by atoms with Crippen molar-refractivity contribution in [1.82, 2.24) is 35.0 Å². The second-order valence-corrected chi connectivity index (χ2v) is 9.53. The van der Waals surface area contributed by atoms with E-state index in [1.165, 1.54) is 6.33 Å². The van der Waals surface area contributed by atoms with Crippen molar-refractivity contribution in [3.05, 3.63) is 30.7 Å². The molecular weight excluding hydrogens is 420 g/mol. The molecule has 0 radical (unpaired) electrons. The van der Waals surface area contributed by atoms with Gasteiger partial charge in [-0.2, -0.15) is 5.10 Å². The summed E-state index contributed by atoms with van der Waals surface area (Å²) in [6, 6.07) is 6.15. The molecule has 1 saturated carbocycles. The molecule has 0 saturated heterocycles. The van der Waals surface area contributed by atoms with Crippen LogP contribution < -0.4 is 11.1 Å². The number of aromatic amines is 1. The van der Waals surface area contributed by atoms with Gasteiger partial charge in [-0.05, 0) is 64.7 Å². The first-order valence-corrected chi connectivity index (χ1v) is 11.2. The molecule has 1 aliphatic carbocycles. The van der Waals surface area contributed by atoms with Crippen LogP contribution in [-0.4, -0.2) is 47.5 Å². The largest absolute Gasteiger partial charge is 0.444 e. The van der Waals surface area contributed by atoms with Gasteiger partial charge in [-0.25, -0.2) is 24.4 Å². The van der Waals surface area contributed by atoms with Crippen LogP contribution in [0.2, 0.25) is 0 Å². The van der Waals surface area contributed by atoms with Gasteiger partial charge in [0.15, 0.2) is 5.65 Å². The molecule has 4 heterocycles. The maximum atomic E-state index is 12.1. The van der Waals surface area contributed by atoms with Crippen LogP contribution in [0.1, 0.15) is 52.5 Å². The fraction of sp³-hybridized carbons (Fsp3) is 0.435. The fourth-order valence-corrected chi connectivity index (χ4v) is 4.46. The summed E-state index contributed by atoms with van der Waals surface area (Å²) in [6.45, 7) is 5.59. The number of anilines is 1. The second kappa shape index (κ2) is 8.02. The Morgan fingerprint density at radius 1 is 1.21 bits per heavy atom. The monoisotopic (exact) mass is 448 g/mol. The molecule has 10 nitrogen and oxygen atoms in total. The number of hydrogen-bond acceptors (Lipinski definition) is 7. The summed E-state index contributed by atoms with van der Waals surface area (Å²) in [5, 5.41) is 9.66. The minimum Gasteiger partial charge on any atom is -0.444 e. The number of H-pyrrole nitrogens is 1. The Hall–Kier alpha value is -3.69. The number of pyridine rings is 1. The van der Waals surface area contributed by atoms with Gasteiger partial charge in [0.2, 0.25) is 0 Å². The Morgan fingerprint density at radius 3 is 2.73 bits per heavy atom. The first-order chi connectivity index (χ1) is 15.8. The fourth-order valence-electron chi connectivity index (χ4n) is 4.46. The highest BCUT2D eigenvalue weighted by molar-refractivity contribution is 5.99. The number of alkyl carbamates (subject to hydrolysis) is 1. The van der Waals surface area contributed by atoms with E-state index in [0.29, 0.717) is 11.5 Å². The van der Waals surface area contributed by atoms with Crippen molar-refractivity contribution in [2.45, 2.75) is 64.1 Å². The Kier molecular flexibility index (Phi) is 5.15. The maximum Gasteiger partial charge on any atom is 0.407 e. The van der Waals surface area contributed by atoms with Gasteiger partial charge in [0, 0.05) is 17.6 Å². The molecule has 33 heavy (non-hydrogen) atoms. The van der Waals surface area contributed by atoms with Crippen molar-refractivity contribution in [1.29, 1.82) is 0 Å². The number of aromatic nitrogens is 6. The quantitative estimate of drug-likeness (QED) is 0.431. The zero-order valence-electron chi connectivity index (χ0n) is 19.0. The van der Waals surface area contributed by atoms with Gasteiger partial charge in [0.05, 0.1) is 17.1 Å². The van der Waals surface area contributed by atoms with Crippen molar-refractivity contribution in [3.8, 4) is 11.4 Å². The van der Waals surface area contributed by atoms with Crippen molar-refractivity contribution in [2.24, 2.45) is 0 Å². The van der Waals surface area contributed by atoms with Crippen LogP contribution in [0.3, 0.4) is 0 Å². The molecule has 0 atom stereocenters. The minimum atomic E-state index is -0.510. The Labute approximate surface area is 191 Å². The summed E-state index contributed by atoms with van der Waals surface area (Å²) in [5.74, 6) is 0.396. The number of nitrogens with two attached hydrogens (primary N) is 1. The highest BCUT2D eigenvalue weighted by atomic mass is 16.6. The number of hydrogen-bond donors (Lipinski definition) is 3. The van der Waals surface area contributed by atoms with Crippen molar-refractivity contribution in [3.63, 3.8) is 0 Å². The highest BCUT2D eigenvalue weighted by Gasteiger charge is 2.29. The van der Waals surface area contributed by atoms with Crippen LogP contribution in [0.25, 0.3) is 33.5 Å². The number of ether oxygens (including phenoxy) is 1. The van der Waals surface area contributed by atoms with E-state index in [0.717, 1.165) is 53.5 Å². The summed E-state index contributed by atoms with van der Waals surface area (Å²) in [7, 11) is 0. The molecule has 4 N–H and O–H groups in total. The van der Waals surface area contributed by atoms with Gasteiger partial charge in [-0.1, -0.05) is 0 Å². The standard InChI is InChI=1S/C23H28N8O2/c1-23(2,3)33-22(32)28-14-6-8-15(9-7-14)31-21-17(19(24)26-12-27-21)18(30-31)16-11-13-5-4-10-25-20(13)29-16/h4-5,10-12,14-15H,6-9H2,1-3H3,(H,25,29)(H,28,32)(H2,24,26,27). The molecule has 4 aromatic rings. The second-order valence-electron chi connectivity index (χ2n) is 9.53. The molecular formula is C23H28N8O2. The van der Waals surface area contributed by atoms with E-state index in [1.54, 1.807) is 6.20 Å². The molecule has 0 bridgehead atoms. The third-order valence-corrected chi connectivity index (χ3v) is 5.93. The van der Waals surface area contributed by atoms with E-state index in [1.807, 2.05) is 43.7 Å². The number of carbonyl (C=O) groups is 1. The van der Waals surface area contributed by atoms with E-state index in [4.69, 9.17) is 15.6 Å². The summed E-state index contributed by atoms with van der Waals surface area (Å²) in [5.41, 5.74) is 8.81. The number of nitrogens with one attached hydrogen (secondary N) is 2. The molecule has 172 valence electrons. The molecule has 0 spiro atoms. The van der Waals surface area contributed by atoms with Gasteiger partial charge in [-0.15, -0.1) is 0 Å². The number of carbonyl (C=O) groups excluding carboxylic acids is 1. The summed E-state index contributed by atoms with van der Waals surface area (Å²) < 4.78 is 7.36. The van der Waals surface area contributed by atoms with Crippen LogP contribution >= 0.6 is 0 Å². The third kappa shape index (κ3) is 4.20. The smallest absolute Gasteiger partial charge is 0.407 e. The average molecular weight is 449 g/mol. The zero-order chi connectivity index (χ0) is 23.2. The van der Waals surface area contributed by atoms with Crippen LogP contribution in [0.4, 0.5) is 10.6 Å². The van der Waals surface area contributed by atoms with Gasteiger partial charge in [0.1, 0.15) is 29.1 Å². The van der Waals surface area contributed by atoms with E-state index < -0.39 is 5.60 Å². The van der Waals surface area contributed by atoms with Gasteiger partial charge in [0.25, 0.3) is 0 Å². The molecule has 4 aromatic heterocycles. The lowest BCUT2D eigenvalue weighted by Gasteiger charge is -2.30. The zero-order valence-corrected chi connectivity index (χ0v) is 19.0. The molecule has 0 aliphatic heterocycles. The first kappa shape index (κ1) is 21.2.